The third kappa shape index (κ3) is 8.98. The zero-order valence-corrected chi connectivity index (χ0v) is 26.1. The molecule has 0 heterocycles. The second-order valence-corrected chi connectivity index (χ2v) is 14.0. The molecule has 2 N–H and O–H groups in total. The minimum atomic E-state index is -0.157. The summed E-state index contributed by atoms with van der Waals surface area (Å²) in [5.41, 5.74) is 6.38. The molecule has 1 atom stereocenters. The Kier molecular flexibility index (Phi) is 11.5. The number of hydrogen-bond acceptors (Lipinski definition) is 3. The molecule has 0 saturated carbocycles. The van der Waals surface area contributed by atoms with Gasteiger partial charge in [0.05, 0.1) is 0 Å². The van der Waals surface area contributed by atoms with E-state index in [0.29, 0.717) is 16.7 Å². The zero-order valence-electron chi connectivity index (χ0n) is 25.2. The summed E-state index contributed by atoms with van der Waals surface area (Å²) in [4.78, 5) is 0. The summed E-state index contributed by atoms with van der Waals surface area (Å²) in [5, 5.41) is 21.9. The fraction of sp³-hybridized carbons (Fsp3) is 0.647. The number of rotatable bonds is 12. The van der Waals surface area contributed by atoms with Crippen molar-refractivity contribution in [2.75, 3.05) is 0 Å². The van der Waals surface area contributed by atoms with E-state index in [1.165, 1.54) is 56.1 Å². The van der Waals surface area contributed by atoms with E-state index < -0.39 is 0 Å². The molecule has 0 aliphatic carbocycles. The molecule has 0 fully saturated rings. The van der Waals surface area contributed by atoms with E-state index in [1.807, 2.05) is 12.1 Å². The highest BCUT2D eigenvalue weighted by Gasteiger charge is 2.28. The van der Waals surface area contributed by atoms with Crippen molar-refractivity contribution in [1.29, 1.82) is 0 Å². The average Bonchev–Trinajstić information content (AvgIpc) is 2.76. The molecule has 2 aromatic rings. The molecule has 2 aromatic carbocycles. The fourth-order valence-corrected chi connectivity index (χ4v) is 5.91. The lowest BCUT2D eigenvalue weighted by atomic mass is 9.76. The van der Waals surface area contributed by atoms with Crippen molar-refractivity contribution in [1.82, 2.24) is 0 Å². The molecule has 0 bridgehead atoms. The van der Waals surface area contributed by atoms with Gasteiger partial charge < -0.3 is 10.2 Å². The number of unbranched alkanes of at least 4 members (excludes halogenated alkanes) is 6. The normalized spacial score (nSPS) is 13.4. The molecule has 2 rings (SSSR count). The van der Waals surface area contributed by atoms with Crippen LogP contribution in [0.25, 0.3) is 0 Å². The molecular weight excluding hydrogens is 472 g/mol. The summed E-state index contributed by atoms with van der Waals surface area (Å²) in [6.45, 7) is 19.4. The molecule has 0 aliphatic rings. The predicted octanol–water partition coefficient (Wildman–Crippen LogP) is 10.3. The first-order valence-corrected chi connectivity index (χ1v) is 15.0. The van der Waals surface area contributed by atoms with Gasteiger partial charge >= 0.3 is 0 Å². The van der Waals surface area contributed by atoms with Crippen LogP contribution in [0.5, 0.6) is 11.5 Å². The smallest absolute Gasteiger partial charge is 0.119 e. The van der Waals surface area contributed by atoms with Crippen LogP contribution >= 0.6 is 12.6 Å². The van der Waals surface area contributed by atoms with Crippen LogP contribution in [0.2, 0.25) is 0 Å². The molecule has 0 saturated heterocycles. The SMILES string of the molecule is CCCCCCCCCC(S)CC(c1cc(C(C)(C)C)c(O)cc1C)c1cc(C(C)(C)C)c(O)cc1C. The Balaban J connectivity index is 2.45. The summed E-state index contributed by atoms with van der Waals surface area (Å²) in [6, 6.07) is 8.33. The minimum absolute atomic E-state index is 0.149. The predicted molar refractivity (Wildman–Crippen MR) is 165 cm³/mol. The lowest BCUT2D eigenvalue weighted by molar-refractivity contribution is 0.444. The van der Waals surface area contributed by atoms with Gasteiger partial charge in [-0.25, -0.2) is 0 Å². The van der Waals surface area contributed by atoms with Gasteiger partial charge in [0.1, 0.15) is 11.5 Å². The van der Waals surface area contributed by atoms with E-state index in [4.69, 9.17) is 12.6 Å². The van der Waals surface area contributed by atoms with Crippen molar-refractivity contribution in [3.8, 4) is 11.5 Å². The lowest BCUT2D eigenvalue weighted by Crippen LogP contribution is -2.17. The third-order valence-electron chi connectivity index (χ3n) is 7.78. The highest BCUT2D eigenvalue weighted by atomic mass is 32.1. The van der Waals surface area contributed by atoms with Gasteiger partial charge in [0.15, 0.2) is 0 Å². The second kappa shape index (κ2) is 13.5. The number of aryl methyl sites for hydroxylation is 2. The summed E-state index contributed by atoms with van der Waals surface area (Å²) in [6.07, 6.45) is 11.2. The van der Waals surface area contributed by atoms with Crippen LogP contribution in [0.15, 0.2) is 24.3 Å². The molecule has 37 heavy (non-hydrogen) atoms. The summed E-state index contributed by atoms with van der Waals surface area (Å²) < 4.78 is 0. The van der Waals surface area contributed by atoms with E-state index in [2.05, 4.69) is 74.4 Å². The van der Waals surface area contributed by atoms with Gasteiger partial charge in [-0.1, -0.05) is 106 Å². The molecule has 1 unspecified atom stereocenters. The van der Waals surface area contributed by atoms with E-state index in [9.17, 15) is 10.2 Å². The lowest BCUT2D eigenvalue weighted by Gasteiger charge is -2.30. The maximum Gasteiger partial charge on any atom is 0.119 e. The quantitative estimate of drug-likeness (QED) is 0.190. The van der Waals surface area contributed by atoms with Gasteiger partial charge in [0.25, 0.3) is 0 Å². The van der Waals surface area contributed by atoms with E-state index in [0.717, 1.165) is 35.1 Å². The third-order valence-corrected chi connectivity index (χ3v) is 8.25. The first-order valence-electron chi connectivity index (χ1n) is 14.5. The van der Waals surface area contributed by atoms with Crippen LogP contribution in [0.1, 0.15) is 146 Å². The highest BCUT2D eigenvalue weighted by molar-refractivity contribution is 7.80. The summed E-state index contributed by atoms with van der Waals surface area (Å²) in [5.74, 6) is 0.891. The van der Waals surface area contributed by atoms with Gasteiger partial charge in [-0.15, -0.1) is 0 Å². The van der Waals surface area contributed by atoms with Crippen molar-refractivity contribution >= 4 is 12.6 Å². The Labute approximate surface area is 233 Å². The molecule has 208 valence electrons. The van der Waals surface area contributed by atoms with Crippen molar-refractivity contribution in [2.45, 2.75) is 142 Å². The van der Waals surface area contributed by atoms with Gasteiger partial charge in [-0.2, -0.15) is 12.6 Å². The Bertz CT molecular complexity index is 940. The average molecular weight is 527 g/mol. The number of phenolic OH excluding ortho intramolecular Hbond substituents is 2. The second-order valence-electron chi connectivity index (χ2n) is 13.3. The van der Waals surface area contributed by atoms with Gasteiger partial charge in [0, 0.05) is 11.2 Å². The van der Waals surface area contributed by atoms with Gasteiger partial charge in [-0.05, 0) is 83.0 Å². The molecular formula is C34H54O2S. The Hall–Kier alpha value is -1.61. The number of thiol groups is 1. The maximum absolute atomic E-state index is 10.8. The molecule has 0 aliphatic heterocycles. The Morgan fingerprint density at radius 3 is 1.49 bits per heavy atom. The van der Waals surface area contributed by atoms with Crippen LogP contribution in [0.4, 0.5) is 0 Å². The van der Waals surface area contributed by atoms with Crippen molar-refractivity contribution in [2.24, 2.45) is 0 Å². The minimum Gasteiger partial charge on any atom is -0.508 e. The fourth-order valence-electron chi connectivity index (χ4n) is 5.52. The van der Waals surface area contributed by atoms with Crippen LogP contribution in [0, 0.1) is 13.8 Å². The van der Waals surface area contributed by atoms with Crippen LogP contribution in [0.3, 0.4) is 0 Å². The van der Waals surface area contributed by atoms with Crippen LogP contribution < -0.4 is 0 Å². The van der Waals surface area contributed by atoms with Crippen molar-refractivity contribution < 1.29 is 10.2 Å². The monoisotopic (exact) mass is 526 g/mol. The van der Waals surface area contributed by atoms with Crippen molar-refractivity contribution in [3.63, 3.8) is 0 Å². The molecule has 0 radical (unpaired) electrons. The first kappa shape index (κ1) is 31.6. The topological polar surface area (TPSA) is 40.5 Å². The largest absolute Gasteiger partial charge is 0.508 e. The van der Waals surface area contributed by atoms with E-state index in [-0.39, 0.29) is 16.7 Å². The molecule has 2 nitrogen and oxygen atoms in total. The Morgan fingerprint density at radius 2 is 1.08 bits per heavy atom. The van der Waals surface area contributed by atoms with Crippen molar-refractivity contribution in [3.05, 3.63) is 57.6 Å². The molecule has 0 aromatic heterocycles. The standard InChI is InChI=1S/C34H54O2S/c1-10-11-12-13-14-15-16-17-25(37)20-28(26-21-29(33(4,5)6)31(35)18-23(26)2)27-22-30(34(7,8)9)32(36)19-24(27)3/h18-19,21-22,25,28,35-37H,10-17,20H2,1-9H3. The van der Waals surface area contributed by atoms with E-state index >= 15 is 0 Å². The number of benzene rings is 2. The first-order chi connectivity index (χ1) is 17.2. The molecule has 0 spiro atoms. The van der Waals surface area contributed by atoms with Crippen LogP contribution in [-0.2, 0) is 10.8 Å². The van der Waals surface area contributed by atoms with Gasteiger partial charge in [-0.3, -0.25) is 0 Å². The molecule has 0 amide bonds. The molecule has 3 heteroatoms. The Morgan fingerprint density at radius 1 is 0.676 bits per heavy atom. The number of phenols is 2. The van der Waals surface area contributed by atoms with E-state index in [1.54, 1.807) is 0 Å². The summed E-state index contributed by atoms with van der Waals surface area (Å²) >= 11 is 5.10. The zero-order chi connectivity index (χ0) is 28.0. The summed E-state index contributed by atoms with van der Waals surface area (Å²) in [7, 11) is 0. The number of hydrogen-bond donors (Lipinski definition) is 3. The maximum atomic E-state index is 10.8. The highest BCUT2D eigenvalue weighted by Crippen LogP contribution is 2.43. The van der Waals surface area contributed by atoms with Gasteiger partial charge in [0.2, 0.25) is 0 Å². The number of aromatic hydroxyl groups is 2. The van der Waals surface area contributed by atoms with Crippen LogP contribution in [-0.4, -0.2) is 15.5 Å².